The second-order valence-electron chi connectivity index (χ2n) is 3.79. The predicted octanol–water partition coefficient (Wildman–Crippen LogP) is 1.12. The lowest BCUT2D eigenvalue weighted by Gasteiger charge is -2.13. The molecule has 1 aromatic rings. The van der Waals surface area contributed by atoms with Gasteiger partial charge in [-0.25, -0.2) is 4.79 Å². The van der Waals surface area contributed by atoms with Crippen molar-refractivity contribution in [1.82, 2.24) is 0 Å². The van der Waals surface area contributed by atoms with E-state index in [-0.39, 0.29) is 16.7 Å². The van der Waals surface area contributed by atoms with Crippen molar-refractivity contribution in [3.8, 4) is 5.75 Å². The van der Waals surface area contributed by atoms with Gasteiger partial charge in [0.15, 0.2) is 11.9 Å². The molecular weight excluding hydrogens is 242 g/mol. The first-order valence-corrected chi connectivity index (χ1v) is 5.04. The van der Waals surface area contributed by atoms with Crippen LogP contribution in [0.1, 0.15) is 22.8 Å². The number of phenols is 1. The fourth-order valence-corrected chi connectivity index (χ4v) is 1.66. The molecule has 1 unspecified atom stereocenters. The van der Waals surface area contributed by atoms with E-state index in [1.54, 1.807) is 0 Å². The molecule has 1 rings (SSSR count). The number of hydrogen-bond donors (Lipinski definition) is 2. The summed E-state index contributed by atoms with van der Waals surface area (Å²) >= 11 is 0. The summed E-state index contributed by atoms with van der Waals surface area (Å²) in [6, 6.07) is 1.32. The van der Waals surface area contributed by atoms with Crippen LogP contribution in [-0.4, -0.2) is 28.2 Å². The van der Waals surface area contributed by atoms with Crippen LogP contribution in [0.15, 0.2) is 6.07 Å². The largest absolute Gasteiger partial charge is 0.502 e. The van der Waals surface area contributed by atoms with Crippen molar-refractivity contribution >= 4 is 11.7 Å². The number of phenolic OH excluding ortho intramolecular Hbond substituents is 1. The van der Waals surface area contributed by atoms with Gasteiger partial charge in [-0.1, -0.05) is 0 Å². The average molecular weight is 255 g/mol. The van der Waals surface area contributed by atoms with Crippen LogP contribution in [0.3, 0.4) is 0 Å². The van der Waals surface area contributed by atoms with Crippen molar-refractivity contribution < 1.29 is 24.7 Å². The highest BCUT2D eigenvalue weighted by atomic mass is 16.6. The maximum Gasteiger partial charge on any atom is 0.339 e. The lowest BCUT2D eigenvalue weighted by atomic mass is 9.98. The van der Waals surface area contributed by atoms with Gasteiger partial charge in [0.25, 0.3) is 0 Å². The Morgan fingerprint density at radius 1 is 1.50 bits per heavy atom. The summed E-state index contributed by atoms with van der Waals surface area (Å²) in [4.78, 5) is 21.3. The zero-order chi connectivity index (χ0) is 14.0. The van der Waals surface area contributed by atoms with Crippen LogP contribution in [0.25, 0.3) is 0 Å². The smallest absolute Gasteiger partial charge is 0.339 e. The molecule has 2 N–H and O–H groups in total. The maximum absolute atomic E-state index is 11.2. The summed E-state index contributed by atoms with van der Waals surface area (Å²) in [5.41, 5.74) is -0.247. The molecule has 0 radical (unpaired) electrons. The standard InChI is InChI=1S/C11H13NO6/c1-5-4-7(10(14)11(15)18-3)6(2)8(9(5)13)12(16)17/h4,10,13-14H,1-3H3. The summed E-state index contributed by atoms with van der Waals surface area (Å²) in [5.74, 6) is -1.39. The number of nitro groups is 1. The second-order valence-corrected chi connectivity index (χ2v) is 3.79. The Kier molecular flexibility index (Phi) is 3.87. The first kappa shape index (κ1) is 13.9. The Morgan fingerprint density at radius 2 is 2.06 bits per heavy atom. The van der Waals surface area contributed by atoms with Crippen LogP contribution < -0.4 is 0 Å². The third-order valence-electron chi connectivity index (χ3n) is 2.66. The van der Waals surface area contributed by atoms with E-state index in [1.807, 2.05) is 0 Å². The van der Waals surface area contributed by atoms with Crippen molar-refractivity contribution in [3.05, 3.63) is 32.9 Å². The zero-order valence-corrected chi connectivity index (χ0v) is 10.1. The molecular formula is C11H13NO6. The lowest BCUT2D eigenvalue weighted by molar-refractivity contribution is -0.386. The van der Waals surface area contributed by atoms with Gasteiger partial charge in [-0.15, -0.1) is 0 Å². The van der Waals surface area contributed by atoms with Gasteiger partial charge in [-0.05, 0) is 25.5 Å². The lowest BCUT2D eigenvalue weighted by Crippen LogP contribution is -2.15. The van der Waals surface area contributed by atoms with Gasteiger partial charge >= 0.3 is 11.7 Å². The highest BCUT2D eigenvalue weighted by Gasteiger charge is 2.28. The fraction of sp³-hybridized carbons (Fsp3) is 0.364. The molecule has 0 saturated heterocycles. The van der Waals surface area contributed by atoms with Crippen LogP contribution in [0.5, 0.6) is 5.75 Å². The molecule has 1 atom stereocenters. The highest BCUT2D eigenvalue weighted by molar-refractivity contribution is 5.78. The van der Waals surface area contributed by atoms with Crippen molar-refractivity contribution in [2.75, 3.05) is 7.11 Å². The molecule has 0 spiro atoms. The van der Waals surface area contributed by atoms with E-state index in [9.17, 15) is 25.1 Å². The highest BCUT2D eigenvalue weighted by Crippen LogP contribution is 2.37. The van der Waals surface area contributed by atoms with Crippen LogP contribution in [0.4, 0.5) is 5.69 Å². The molecule has 0 bridgehead atoms. The van der Waals surface area contributed by atoms with Crippen molar-refractivity contribution in [2.24, 2.45) is 0 Å². The van der Waals surface area contributed by atoms with E-state index in [4.69, 9.17) is 0 Å². The fourth-order valence-electron chi connectivity index (χ4n) is 1.66. The Bertz CT molecular complexity index is 511. The number of methoxy groups -OCH3 is 1. The number of aromatic hydroxyl groups is 1. The minimum atomic E-state index is -1.62. The normalized spacial score (nSPS) is 12.0. The van der Waals surface area contributed by atoms with E-state index in [1.165, 1.54) is 19.9 Å². The van der Waals surface area contributed by atoms with Gasteiger partial charge in [0.2, 0.25) is 0 Å². The molecule has 0 aromatic heterocycles. The molecule has 7 nitrogen and oxygen atoms in total. The van der Waals surface area contributed by atoms with Crippen LogP contribution in [0.2, 0.25) is 0 Å². The monoisotopic (exact) mass is 255 g/mol. The number of rotatable bonds is 3. The SMILES string of the molecule is COC(=O)C(O)c1cc(C)c(O)c([N+](=O)[O-])c1C. The minimum absolute atomic E-state index is 0.0287. The Labute approximate surface area is 103 Å². The number of nitro benzene ring substituents is 1. The molecule has 0 amide bonds. The number of ether oxygens (including phenoxy) is 1. The van der Waals surface area contributed by atoms with Crippen LogP contribution >= 0.6 is 0 Å². The second kappa shape index (κ2) is 5.01. The number of carbonyl (C=O) groups excluding carboxylic acids is 1. The minimum Gasteiger partial charge on any atom is -0.502 e. The van der Waals surface area contributed by atoms with Crippen LogP contribution in [0, 0.1) is 24.0 Å². The van der Waals surface area contributed by atoms with E-state index < -0.39 is 28.4 Å². The summed E-state index contributed by atoms with van der Waals surface area (Å²) in [6.45, 7) is 2.79. The summed E-state index contributed by atoms with van der Waals surface area (Å²) in [6.07, 6.45) is -1.62. The Balaban J connectivity index is 3.48. The number of hydrogen-bond acceptors (Lipinski definition) is 6. The molecule has 0 fully saturated rings. The number of aliphatic hydroxyl groups is 1. The van der Waals surface area contributed by atoms with Gasteiger partial charge in [0.1, 0.15) is 0 Å². The van der Waals surface area contributed by atoms with E-state index in [2.05, 4.69) is 4.74 Å². The number of aryl methyl sites for hydroxylation is 1. The number of nitrogens with zero attached hydrogens (tertiary/aromatic N) is 1. The topological polar surface area (TPSA) is 110 Å². The van der Waals surface area contributed by atoms with Crippen molar-refractivity contribution in [2.45, 2.75) is 20.0 Å². The van der Waals surface area contributed by atoms with Crippen LogP contribution in [-0.2, 0) is 9.53 Å². The summed E-state index contributed by atoms with van der Waals surface area (Å²) in [5, 5.41) is 30.2. The number of carbonyl (C=O) groups is 1. The maximum atomic E-state index is 11.2. The molecule has 98 valence electrons. The first-order valence-electron chi connectivity index (χ1n) is 5.04. The molecule has 0 heterocycles. The Morgan fingerprint density at radius 3 is 2.50 bits per heavy atom. The third kappa shape index (κ3) is 2.25. The first-order chi connectivity index (χ1) is 8.31. The number of esters is 1. The molecule has 0 aliphatic rings. The Hall–Kier alpha value is -2.15. The molecule has 0 saturated carbocycles. The summed E-state index contributed by atoms with van der Waals surface area (Å²) < 4.78 is 4.37. The van der Waals surface area contributed by atoms with Gasteiger partial charge in [0.05, 0.1) is 12.0 Å². The molecule has 18 heavy (non-hydrogen) atoms. The number of aliphatic hydroxyl groups excluding tert-OH is 1. The van der Waals surface area contributed by atoms with Crippen molar-refractivity contribution in [1.29, 1.82) is 0 Å². The average Bonchev–Trinajstić information content (AvgIpc) is 2.31. The van der Waals surface area contributed by atoms with E-state index in [0.29, 0.717) is 0 Å². The predicted molar refractivity (Wildman–Crippen MR) is 61.2 cm³/mol. The van der Waals surface area contributed by atoms with Gasteiger partial charge < -0.3 is 14.9 Å². The quantitative estimate of drug-likeness (QED) is 0.476. The van der Waals surface area contributed by atoms with Crippen molar-refractivity contribution in [3.63, 3.8) is 0 Å². The van der Waals surface area contributed by atoms with Gasteiger partial charge in [-0.3, -0.25) is 10.1 Å². The molecule has 1 aromatic carbocycles. The van der Waals surface area contributed by atoms with Gasteiger partial charge in [0, 0.05) is 11.1 Å². The molecule has 0 aliphatic heterocycles. The zero-order valence-electron chi connectivity index (χ0n) is 10.1. The van der Waals surface area contributed by atoms with E-state index >= 15 is 0 Å². The molecule has 0 aliphatic carbocycles. The third-order valence-corrected chi connectivity index (χ3v) is 2.66. The van der Waals surface area contributed by atoms with Gasteiger partial charge in [-0.2, -0.15) is 0 Å². The number of benzene rings is 1. The summed E-state index contributed by atoms with van der Waals surface area (Å²) in [7, 11) is 1.10. The molecule has 7 heteroatoms. The van der Waals surface area contributed by atoms with E-state index in [0.717, 1.165) is 7.11 Å².